The number of nitrogens with one attached hydrogen (secondary N) is 2. The van der Waals surface area contributed by atoms with E-state index in [1.54, 1.807) is 26.6 Å². The van der Waals surface area contributed by atoms with Crippen molar-refractivity contribution in [3.8, 4) is 17.0 Å². The van der Waals surface area contributed by atoms with Gasteiger partial charge >= 0.3 is 0 Å². The van der Waals surface area contributed by atoms with Crippen molar-refractivity contribution in [1.29, 1.82) is 0 Å². The summed E-state index contributed by atoms with van der Waals surface area (Å²) in [4.78, 5) is 28.0. The van der Waals surface area contributed by atoms with Gasteiger partial charge < -0.3 is 20.3 Å². The number of nitrogens with zero attached hydrogens (tertiary/aromatic N) is 4. The minimum absolute atomic E-state index is 0.138. The number of benzene rings is 1. The Labute approximate surface area is 219 Å². The Kier molecular flexibility index (Phi) is 7.95. The van der Waals surface area contributed by atoms with Crippen LogP contribution in [0.2, 0.25) is 0 Å². The molecule has 8 heteroatoms. The third kappa shape index (κ3) is 5.84. The van der Waals surface area contributed by atoms with Crippen LogP contribution in [0.4, 0.5) is 11.6 Å². The maximum absolute atomic E-state index is 12.1. The molecule has 2 aromatic heterocycles. The summed E-state index contributed by atoms with van der Waals surface area (Å²) in [6.45, 7) is 7.23. The second kappa shape index (κ2) is 11.2. The van der Waals surface area contributed by atoms with Crippen LogP contribution in [0.5, 0.6) is 5.75 Å². The van der Waals surface area contributed by atoms with E-state index in [4.69, 9.17) is 9.72 Å². The van der Waals surface area contributed by atoms with Crippen LogP contribution in [0.3, 0.4) is 0 Å². The maximum Gasteiger partial charge on any atom is 0.251 e. The fourth-order valence-electron chi connectivity index (χ4n) is 4.63. The van der Waals surface area contributed by atoms with E-state index in [1.807, 2.05) is 24.4 Å². The SMILES string of the molecule is CC[C@](C)(CNc1cc(-c2ccc(N(C)C(C)C3CC3)nc2)ncn1)c1ccc(C(=O)NC)cc1OC. The van der Waals surface area contributed by atoms with Crippen molar-refractivity contribution in [3.63, 3.8) is 0 Å². The number of methoxy groups -OCH3 is 1. The molecule has 4 rings (SSSR count). The summed E-state index contributed by atoms with van der Waals surface area (Å²) in [5.41, 5.74) is 3.13. The van der Waals surface area contributed by atoms with Crippen LogP contribution in [-0.2, 0) is 5.41 Å². The van der Waals surface area contributed by atoms with E-state index in [0.29, 0.717) is 23.9 Å². The number of ether oxygens (including phenoxy) is 1. The molecule has 0 aliphatic heterocycles. The van der Waals surface area contributed by atoms with Crippen molar-refractivity contribution in [2.75, 3.05) is 38.0 Å². The summed E-state index contributed by atoms with van der Waals surface area (Å²) in [5.74, 6) is 3.06. The molecule has 1 aromatic carbocycles. The molecule has 0 spiro atoms. The van der Waals surface area contributed by atoms with Gasteiger partial charge in [-0.15, -0.1) is 0 Å². The van der Waals surface area contributed by atoms with Gasteiger partial charge in [-0.25, -0.2) is 15.0 Å². The third-order valence-corrected chi connectivity index (χ3v) is 7.77. The Balaban J connectivity index is 1.49. The van der Waals surface area contributed by atoms with Crippen molar-refractivity contribution in [2.45, 2.75) is 51.5 Å². The number of hydrogen-bond donors (Lipinski definition) is 2. The lowest BCUT2D eigenvalue weighted by Gasteiger charge is -2.31. The van der Waals surface area contributed by atoms with Crippen LogP contribution in [0.1, 0.15) is 56.0 Å². The molecular weight excluding hydrogens is 464 g/mol. The topological polar surface area (TPSA) is 92.3 Å². The predicted molar refractivity (Wildman–Crippen MR) is 148 cm³/mol. The number of pyridine rings is 1. The first-order valence-electron chi connectivity index (χ1n) is 13.0. The number of rotatable bonds is 11. The molecule has 2 atom stereocenters. The summed E-state index contributed by atoms with van der Waals surface area (Å²) < 4.78 is 5.67. The quantitative estimate of drug-likeness (QED) is 0.384. The fourth-order valence-corrected chi connectivity index (χ4v) is 4.63. The van der Waals surface area contributed by atoms with E-state index in [-0.39, 0.29) is 11.3 Å². The summed E-state index contributed by atoms with van der Waals surface area (Å²) in [7, 11) is 5.37. The van der Waals surface area contributed by atoms with E-state index in [2.05, 4.69) is 65.5 Å². The number of hydrogen-bond acceptors (Lipinski definition) is 7. The summed E-state index contributed by atoms with van der Waals surface area (Å²) in [6, 6.07) is 12.2. The van der Waals surface area contributed by atoms with Crippen molar-refractivity contribution in [3.05, 3.63) is 60.0 Å². The molecule has 1 amide bonds. The number of carbonyl (C=O) groups excluding carboxylic acids is 1. The van der Waals surface area contributed by atoms with Crippen LogP contribution in [-0.4, -0.2) is 54.7 Å². The van der Waals surface area contributed by atoms with Gasteiger partial charge in [-0.3, -0.25) is 4.79 Å². The molecule has 2 heterocycles. The Morgan fingerprint density at radius 3 is 2.59 bits per heavy atom. The number of aromatic nitrogens is 3. The maximum atomic E-state index is 12.1. The van der Waals surface area contributed by atoms with Crippen molar-refractivity contribution in [2.24, 2.45) is 5.92 Å². The zero-order valence-electron chi connectivity index (χ0n) is 22.7. The average molecular weight is 503 g/mol. The van der Waals surface area contributed by atoms with Crippen LogP contribution >= 0.6 is 0 Å². The molecule has 196 valence electrons. The van der Waals surface area contributed by atoms with Crippen molar-refractivity contribution >= 4 is 17.5 Å². The molecule has 0 bridgehead atoms. The van der Waals surface area contributed by atoms with E-state index >= 15 is 0 Å². The molecule has 1 aliphatic rings. The van der Waals surface area contributed by atoms with Gasteiger partial charge in [-0.1, -0.05) is 19.9 Å². The van der Waals surface area contributed by atoms with Crippen LogP contribution in [0.15, 0.2) is 48.9 Å². The minimum atomic E-state index is -0.246. The van der Waals surface area contributed by atoms with Gasteiger partial charge in [0.05, 0.1) is 12.8 Å². The van der Waals surface area contributed by atoms with Gasteiger partial charge in [-0.05, 0) is 56.4 Å². The van der Waals surface area contributed by atoms with E-state index in [1.165, 1.54) is 12.8 Å². The number of amides is 1. The molecule has 0 saturated heterocycles. The zero-order chi connectivity index (χ0) is 26.6. The van der Waals surface area contributed by atoms with Gasteiger partial charge in [0, 0.05) is 61.1 Å². The Morgan fingerprint density at radius 2 is 1.97 bits per heavy atom. The van der Waals surface area contributed by atoms with E-state index in [0.717, 1.165) is 40.8 Å². The smallest absolute Gasteiger partial charge is 0.251 e. The highest BCUT2D eigenvalue weighted by Crippen LogP contribution is 2.37. The van der Waals surface area contributed by atoms with Gasteiger partial charge in [0.2, 0.25) is 0 Å². The first-order valence-corrected chi connectivity index (χ1v) is 13.0. The summed E-state index contributed by atoms with van der Waals surface area (Å²) in [5, 5.41) is 6.16. The average Bonchev–Trinajstić information content (AvgIpc) is 3.80. The summed E-state index contributed by atoms with van der Waals surface area (Å²) >= 11 is 0. The third-order valence-electron chi connectivity index (χ3n) is 7.77. The normalized spacial score (nSPS) is 15.4. The molecule has 1 unspecified atom stereocenters. The lowest BCUT2D eigenvalue weighted by atomic mass is 9.79. The number of carbonyl (C=O) groups is 1. The number of anilines is 2. The van der Waals surface area contributed by atoms with Crippen molar-refractivity contribution in [1.82, 2.24) is 20.3 Å². The van der Waals surface area contributed by atoms with Gasteiger partial charge in [0.1, 0.15) is 23.7 Å². The Morgan fingerprint density at radius 1 is 1.19 bits per heavy atom. The molecular formula is C29H38N6O2. The van der Waals surface area contributed by atoms with Crippen LogP contribution < -0.4 is 20.3 Å². The monoisotopic (exact) mass is 502 g/mol. The standard InChI is InChI=1S/C29H38N6O2/c1-7-29(3,23-12-10-21(28(36)30-4)14-25(23)37-6)17-32-26-15-24(33-18-34-26)22-11-13-27(31-16-22)35(5)19(2)20-8-9-20/h10-16,18-20H,7-9,17H2,1-6H3,(H,30,36)(H,32,33,34)/t19?,29-/m1/s1. The van der Waals surface area contributed by atoms with E-state index < -0.39 is 0 Å². The van der Waals surface area contributed by atoms with Gasteiger partial charge in [0.25, 0.3) is 5.91 Å². The van der Waals surface area contributed by atoms with Crippen molar-refractivity contribution < 1.29 is 9.53 Å². The Bertz CT molecular complexity index is 1230. The van der Waals surface area contributed by atoms with Crippen LogP contribution in [0, 0.1) is 5.92 Å². The molecule has 0 radical (unpaired) electrons. The lowest BCUT2D eigenvalue weighted by Crippen LogP contribution is -2.31. The zero-order valence-corrected chi connectivity index (χ0v) is 22.7. The first kappa shape index (κ1) is 26.4. The van der Waals surface area contributed by atoms with Crippen LogP contribution in [0.25, 0.3) is 11.3 Å². The Hall–Kier alpha value is -3.68. The van der Waals surface area contributed by atoms with Gasteiger partial charge in [-0.2, -0.15) is 0 Å². The lowest BCUT2D eigenvalue weighted by molar-refractivity contribution is 0.0962. The molecule has 1 fully saturated rings. The molecule has 37 heavy (non-hydrogen) atoms. The second-order valence-electron chi connectivity index (χ2n) is 10.1. The van der Waals surface area contributed by atoms with E-state index in [9.17, 15) is 4.79 Å². The highest BCUT2D eigenvalue weighted by atomic mass is 16.5. The first-order chi connectivity index (χ1) is 17.8. The molecule has 1 aliphatic carbocycles. The molecule has 8 nitrogen and oxygen atoms in total. The van der Waals surface area contributed by atoms with Gasteiger partial charge in [0.15, 0.2) is 0 Å². The predicted octanol–water partition coefficient (Wildman–Crippen LogP) is 4.92. The molecule has 3 aromatic rings. The second-order valence-corrected chi connectivity index (χ2v) is 10.1. The largest absolute Gasteiger partial charge is 0.496 e. The highest BCUT2D eigenvalue weighted by Gasteiger charge is 2.31. The highest BCUT2D eigenvalue weighted by molar-refractivity contribution is 5.94. The fraction of sp³-hybridized carbons (Fsp3) is 0.448. The summed E-state index contributed by atoms with van der Waals surface area (Å²) in [6.07, 6.45) is 6.95. The molecule has 2 N–H and O–H groups in total. The molecule has 1 saturated carbocycles. The minimum Gasteiger partial charge on any atom is -0.496 e.